The fraction of sp³-hybridized carbons (Fsp3) is 0.400. The quantitative estimate of drug-likeness (QED) is 0.564. The number of isocyanates is 1. The van der Waals surface area contributed by atoms with E-state index < -0.39 is 0 Å². The highest BCUT2D eigenvalue weighted by Gasteiger charge is 2.14. The summed E-state index contributed by atoms with van der Waals surface area (Å²) in [6, 6.07) is 2.09. The molecule has 0 aliphatic heterocycles. The molecule has 0 bridgehead atoms. The molecule has 0 saturated carbocycles. The molecule has 1 heterocycles. The Kier molecular flexibility index (Phi) is 3.58. The third-order valence-corrected chi connectivity index (χ3v) is 3.28. The maximum Gasteiger partial charge on any atom is 0.241 e. The molecule has 0 saturated heterocycles. The van der Waals surface area contributed by atoms with Crippen LogP contribution in [-0.2, 0) is 17.6 Å². The molecule has 0 N–H and O–H groups in total. The van der Waals surface area contributed by atoms with E-state index in [0.717, 1.165) is 23.3 Å². The van der Waals surface area contributed by atoms with Gasteiger partial charge < -0.3 is 0 Å². The van der Waals surface area contributed by atoms with E-state index in [4.69, 9.17) is 5.26 Å². The molecule has 0 aliphatic rings. The number of carbonyl (C=O) groups excluding carboxylic acids is 1. The van der Waals surface area contributed by atoms with Gasteiger partial charge in [-0.15, -0.1) is 11.3 Å². The van der Waals surface area contributed by atoms with Crippen LogP contribution in [0.5, 0.6) is 0 Å². The lowest BCUT2D eigenvalue weighted by Gasteiger charge is -1.95. The van der Waals surface area contributed by atoms with Gasteiger partial charge in [0.25, 0.3) is 0 Å². The van der Waals surface area contributed by atoms with Crippen molar-refractivity contribution in [1.29, 1.82) is 5.26 Å². The zero-order valence-electron chi connectivity index (χ0n) is 8.13. The predicted molar refractivity (Wildman–Crippen MR) is 55.6 cm³/mol. The Bertz CT molecular complexity index is 422. The molecule has 0 aromatic carbocycles. The standard InChI is InChI=1S/C10H10N2OS/c1-3-7-8(5-11)10(12-6-13)14-9(7)4-2/h3-4H2,1-2H3. The first-order valence-corrected chi connectivity index (χ1v) is 5.22. The van der Waals surface area contributed by atoms with Gasteiger partial charge in [-0.2, -0.15) is 10.3 Å². The number of rotatable bonds is 3. The van der Waals surface area contributed by atoms with Gasteiger partial charge in [-0.1, -0.05) is 13.8 Å². The van der Waals surface area contributed by atoms with E-state index >= 15 is 0 Å². The van der Waals surface area contributed by atoms with Gasteiger partial charge in [0.2, 0.25) is 6.08 Å². The minimum absolute atomic E-state index is 0.496. The van der Waals surface area contributed by atoms with Gasteiger partial charge >= 0.3 is 0 Å². The summed E-state index contributed by atoms with van der Waals surface area (Å²) in [4.78, 5) is 14.8. The number of thiophene rings is 1. The van der Waals surface area contributed by atoms with E-state index in [9.17, 15) is 4.79 Å². The SMILES string of the molecule is CCc1sc(N=C=O)c(C#N)c1CC. The van der Waals surface area contributed by atoms with Gasteiger partial charge in [0.15, 0.2) is 0 Å². The second kappa shape index (κ2) is 4.71. The van der Waals surface area contributed by atoms with Crippen LogP contribution in [0, 0.1) is 11.3 Å². The number of nitrogens with zero attached hydrogens (tertiary/aromatic N) is 2. The second-order valence-corrected chi connectivity index (χ2v) is 3.79. The van der Waals surface area contributed by atoms with E-state index in [1.807, 2.05) is 13.8 Å². The molecule has 0 radical (unpaired) electrons. The zero-order chi connectivity index (χ0) is 10.6. The molecule has 3 nitrogen and oxygen atoms in total. The molecule has 0 spiro atoms. The summed E-state index contributed by atoms with van der Waals surface area (Å²) < 4.78 is 0. The van der Waals surface area contributed by atoms with Gasteiger partial charge in [-0.25, -0.2) is 4.79 Å². The maximum atomic E-state index is 10.1. The van der Waals surface area contributed by atoms with Crippen molar-refractivity contribution in [3.05, 3.63) is 16.0 Å². The average Bonchev–Trinajstić information content (AvgIpc) is 2.55. The van der Waals surface area contributed by atoms with Crippen LogP contribution in [0.3, 0.4) is 0 Å². The highest BCUT2D eigenvalue weighted by molar-refractivity contribution is 7.16. The van der Waals surface area contributed by atoms with Crippen LogP contribution in [0.1, 0.15) is 29.9 Å². The van der Waals surface area contributed by atoms with Gasteiger partial charge in [0, 0.05) is 4.88 Å². The molecule has 0 aliphatic carbocycles. The molecule has 1 aromatic rings. The van der Waals surface area contributed by atoms with Crippen molar-refractivity contribution in [2.75, 3.05) is 0 Å². The first kappa shape index (κ1) is 10.6. The molecule has 0 fully saturated rings. The van der Waals surface area contributed by atoms with Gasteiger partial charge in [-0.05, 0) is 18.4 Å². The first-order chi connectivity index (χ1) is 6.78. The number of aryl methyl sites for hydroxylation is 1. The normalized spacial score (nSPS) is 9.21. The van der Waals surface area contributed by atoms with Gasteiger partial charge in [0.1, 0.15) is 11.1 Å². The van der Waals surface area contributed by atoms with Crippen LogP contribution in [0.4, 0.5) is 5.00 Å². The largest absolute Gasteiger partial charge is 0.241 e. The van der Waals surface area contributed by atoms with E-state index in [1.54, 1.807) is 0 Å². The number of hydrogen-bond donors (Lipinski definition) is 0. The van der Waals surface area contributed by atoms with E-state index in [0.29, 0.717) is 10.6 Å². The molecular formula is C10H10N2OS. The average molecular weight is 206 g/mol. The zero-order valence-corrected chi connectivity index (χ0v) is 8.94. The summed E-state index contributed by atoms with van der Waals surface area (Å²) in [5.74, 6) is 0. The van der Waals surface area contributed by atoms with Crippen LogP contribution in [0.15, 0.2) is 4.99 Å². The monoisotopic (exact) mass is 206 g/mol. The van der Waals surface area contributed by atoms with Crippen molar-refractivity contribution in [3.8, 4) is 6.07 Å². The van der Waals surface area contributed by atoms with Crippen LogP contribution in [-0.4, -0.2) is 6.08 Å². The van der Waals surface area contributed by atoms with Crippen LogP contribution >= 0.6 is 11.3 Å². The number of nitriles is 1. The Labute approximate surface area is 86.7 Å². The van der Waals surface area contributed by atoms with Gasteiger partial charge in [-0.3, -0.25) is 0 Å². The van der Waals surface area contributed by atoms with Crippen molar-refractivity contribution >= 4 is 22.4 Å². The molecule has 1 aromatic heterocycles. The number of hydrogen-bond acceptors (Lipinski definition) is 4. The van der Waals surface area contributed by atoms with E-state index in [2.05, 4.69) is 11.1 Å². The van der Waals surface area contributed by atoms with Crippen molar-refractivity contribution in [1.82, 2.24) is 0 Å². The lowest BCUT2D eigenvalue weighted by atomic mass is 10.1. The van der Waals surface area contributed by atoms with Gasteiger partial charge in [0.05, 0.1) is 5.56 Å². The molecule has 0 unspecified atom stereocenters. The highest BCUT2D eigenvalue weighted by atomic mass is 32.1. The maximum absolute atomic E-state index is 10.1. The summed E-state index contributed by atoms with van der Waals surface area (Å²) in [5, 5.41) is 9.43. The molecule has 1 rings (SSSR count). The van der Waals surface area contributed by atoms with Crippen molar-refractivity contribution in [3.63, 3.8) is 0 Å². The third-order valence-electron chi connectivity index (χ3n) is 2.01. The molecule has 0 atom stereocenters. The van der Waals surface area contributed by atoms with Crippen molar-refractivity contribution in [2.45, 2.75) is 26.7 Å². The summed E-state index contributed by atoms with van der Waals surface area (Å²) in [6.45, 7) is 4.02. The molecule has 14 heavy (non-hydrogen) atoms. The minimum atomic E-state index is 0.496. The van der Waals surface area contributed by atoms with E-state index in [-0.39, 0.29) is 0 Å². The first-order valence-electron chi connectivity index (χ1n) is 4.40. The fourth-order valence-electron chi connectivity index (χ4n) is 1.39. The molecular weight excluding hydrogens is 196 g/mol. The topological polar surface area (TPSA) is 53.2 Å². The van der Waals surface area contributed by atoms with Crippen LogP contribution < -0.4 is 0 Å². The summed E-state index contributed by atoms with van der Waals surface area (Å²) in [7, 11) is 0. The Morgan fingerprint density at radius 2 is 2.14 bits per heavy atom. The fourth-order valence-corrected chi connectivity index (χ4v) is 2.49. The summed E-state index contributed by atoms with van der Waals surface area (Å²) in [5.41, 5.74) is 1.56. The van der Waals surface area contributed by atoms with Crippen LogP contribution in [0.2, 0.25) is 0 Å². The summed E-state index contributed by atoms with van der Waals surface area (Å²) in [6.07, 6.45) is 3.16. The molecule has 4 heteroatoms. The summed E-state index contributed by atoms with van der Waals surface area (Å²) >= 11 is 1.41. The predicted octanol–water partition coefficient (Wildman–Crippen LogP) is 2.71. The smallest absolute Gasteiger partial charge is 0.211 e. The minimum Gasteiger partial charge on any atom is -0.211 e. The Balaban J connectivity index is 3.40. The Morgan fingerprint density at radius 3 is 2.57 bits per heavy atom. The third kappa shape index (κ3) is 1.74. The second-order valence-electron chi connectivity index (χ2n) is 2.71. The van der Waals surface area contributed by atoms with E-state index in [1.165, 1.54) is 17.4 Å². The van der Waals surface area contributed by atoms with Crippen molar-refractivity contribution in [2.24, 2.45) is 4.99 Å². The molecule has 0 amide bonds. The van der Waals surface area contributed by atoms with Crippen molar-refractivity contribution < 1.29 is 4.79 Å². The Hall–Kier alpha value is -1.43. The lowest BCUT2D eigenvalue weighted by molar-refractivity contribution is 0.565. The lowest BCUT2D eigenvalue weighted by Crippen LogP contribution is -1.86. The highest BCUT2D eigenvalue weighted by Crippen LogP contribution is 2.35. The Morgan fingerprint density at radius 1 is 1.43 bits per heavy atom. The molecule has 72 valence electrons. The van der Waals surface area contributed by atoms with Crippen LogP contribution in [0.25, 0.3) is 0 Å². The number of aliphatic imine (C=N–C) groups is 1.